The van der Waals surface area contributed by atoms with Crippen LogP contribution in [-0.4, -0.2) is 24.8 Å². The number of carbonyl (C=O) groups is 1. The monoisotopic (exact) mass is 274 g/mol. The van der Waals surface area contributed by atoms with Gasteiger partial charge in [0.05, 0.1) is 12.7 Å². The molecule has 2 aromatic rings. The Kier molecular flexibility index (Phi) is 4.12. The first kappa shape index (κ1) is 13.5. The number of hydrogen-bond acceptors (Lipinski definition) is 4. The van der Waals surface area contributed by atoms with Crippen LogP contribution < -0.4 is 4.74 Å². The second kappa shape index (κ2) is 5.80. The predicted octanol–water partition coefficient (Wildman–Crippen LogP) is 3.60. The van der Waals surface area contributed by atoms with Crippen LogP contribution in [0.15, 0.2) is 41.3 Å². The molecule has 0 aliphatic heterocycles. The highest BCUT2D eigenvalue weighted by Crippen LogP contribution is 2.35. The van der Waals surface area contributed by atoms with E-state index in [1.165, 1.54) is 13.2 Å². The van der Waals surface area contributed by atoms with E-state index in [9.17, 15) is 9.90 Å². The Hall–Kier alpha value is -1.94. The van der Waals surface area contributed by atoms with Gasteiger partial charge in [0.1, 0.15) is 11.5 Å². The van der Waals surface area contributed by atoms with Crippen LogP contribution in [-0.2, 0) is 0 Å². The molecule has 0 bridgehead atoms. The minimum Gasteiger partial charge on any atom is -0.507 e. The van der Waals surface area contributed by atoms with E-state index < -0.39 is 0 Å². The van der Waals surface area contributed by atoms with Crippen LogP contribution in [0.25, 0.3) is 11.1 Å². The lowest BCUT2D eigenvalue weighted by Gasteiger charge is -2.11. The van der Waals surface area contributed by atoms with Crippen molar-refractivity contribution in [2.24, 2.45) is 0 Å². The lowest BCUT2D eigenvalue weighted by Crippen LogP contribution is -1.91. The van der Waals surface area contributed by atoms with E-state index in [2.05, 4.69) is 0 Å². The number of benzene rings is 2. The van der Waals surface area contributed by atoms with Crippen molar-refractivity contribution in [3.63, 3.8) is 0 Å². The second-order valence-electron chi connectivity index (χ2n) is 3.96. The van der Waals surface area contributed by atoms with Gasteiger partial charge >= 0.3 is 0 Å². The maximum Gasteiger partial charge on any atom is 0.153 e. The molecule has 1 N–H and O–H groups in total. The maximum absolute atomic E-state index is 10.9. The van der Waals surface area contributed by atoms with Gasteiger partial charge in [-0.05, 0) is 30.0 Å². The van der Waals surface area contributed by atoms with Gasteiger partial charge in [-0.3, -0.25) is 4.79 Å². The van der Waals surface area contributed by atoms with Crippen molar-refractivity contribution in [3.8, 4) is 22.6 Å². The van der Waals surface area contributed by atoms with Crippen LogP contribution in [0.5, 0.6) is 11.5 Å². The number of carbonyl (C=O) groups excluding carboxylic acids is 1. The van der Waals surface area contributed by atoms with Crippen LogP contribution in [0.4, 0.5) is 0 Å². The molecule has 2 rings (SSSR count). The molecule has 0 aromatic heterocycles. The summed E-state index contributed by atoms with van der Waals surface area (Å²) in [5.74, 6) is 0.469. The molecular weight excluding hydrogens is 260 g/mol. The normalized spacial score (nSPS) is 10.2. The summed E-state index contributed by atoms with van der Waals surface area (Å²) in [7, 11) is 1.54. The van der Waals surface area contributed by atoms with E-state index in [1.807, 2.05) is 30.5 Å². The van der Waals surface area contributed by atoms with Crippen molar-refractivity contribution in [2.75, 3.05) is 13.4 Å². The Balaban J connectivity index is 2.55. The lowest BCUT2D eigenvalue weighted by molar-refractivity contribution is 0.112. The van der Waals surface area contributed by atoms with Crippen molar-refractivity contribution in [3.05, 3.63) is 42.0 Å². The summed E-state index contributed by atoms with van der Waals surface area (Å²) in [5, 5.41) is 9.66. The molecule has 0 unspecified atom stereocenters. The van der Waals surface area contributed by atoms with Crippen LogP contribution in [0.3, 0.4) is 0 Å². The summed E-state index contributed by atoms with van der Waals surface area (Å²) in [5.41, 5.74) is 1.98. The third-order valence-corrected chi connectivity index (χ3v) is 3.62. The number of phenols is 1. The molecule has 0 radical (unpaired) electrons. The van der Waals surface area contributed by atoms with Crippen molar-refractivity contribution in [1.29, 1.82) is 0 Å². The highest BCUT2D eigenvalue weighted by Gasteiger charge is 2.11. The third kappa shape index (κ3) is 2.74. The zero-order valence-electron chi connectivity index (χ0n) is 10.7. The highest BCUT2D eigenvalue weighted by molar-refractivity contribution is 7.98. The fourth-order valence-electron chi connectivity index (χ4n) is 1.85. The van der Waals surface area contributed by atoms with E-state index in [0.717, 1.165) is 16.0 Å². The maximum atomic E-state index is 10.9. The van der Waals surface area contributed by atoms with Gasteiger partial charge in [-0.15, -0.1) is 11.8 Å². The van der Waals surface area contributed by atoms with Gasteiger partial charge in [0.2, 0.25) is 0 Å². The van der Waals surface area contributed by atoms with Gasteiger partial charge in [-0.2, -0.15) is 0 Å². The largest absolute Gasteiger partial charge is 0.507 e. The van der Waals surface area contributed by atoms with Gasteiger partial charge in [0.15, 0.2) is 6.29 Å². The van der Waals surface area contributed by atoms with Crippen molar-refractivity contribution in [2.45, 2.75) is 4.90 Å². The number of methoxy groups -OCH3 is 1. The van der Waals surface area contributed by atoms with Gasteiger partial charge in [0, 0.05) is 16.5 Å². The molecular formula is C15H14O3S. The summed E-state index contributed by atoms with van der Waals surface area (Å²) in [4.78, 5) is 12.1. The van der Waals surface area contributed by atoms with Gasteiger partial charge in [-0.1, -0.05) is 12.1 Å². The van der Waals surface area contributed by atoms with E-state index in [4.69, 9.17) is 4.74 Å². The van der Waals surface area contributed by atoms with Crippen LogP contribution in [0.2, 0.25) is 0 Å². The Morgan fingerprint density at radius 3 is 2.42 bits per heavy atom. The first-order valence-electron chi connectivity index (χ1n) is 5.70. The number of aldehydes is 1. The molecule has 0 aliphatic carbocycles. The van der Waals surface area contributed by atoms with Gasteiger partial charge < -0.3 is 9.84 Å². The minimum atomic E-state index is -0.0728. The zero-order valence-corrected chi connectivity index (χ0v) is 11.5. The summed E-state index contributed by atoms with van der Waals surface area (Å²) in [6.45, 7) is 0. The summed E-state index contributed by atoms with van der Waals surface area (Å²) in [6, 6.07) is 11.0. The smallest absolute Gasteiger partial charge is 0.153 e. The van der Waals surface area contributed by atoms with Crippen molar-refractivity contribution < 1.29 is 14.6 Å². The molecule has 0 aliphatic rings. The average molecular weight is 274 g/mol. The zero-order chi connectivity index (χ0) is 13.8. The summed E-state index contributed by atoms with van der Waals surface area (Å²) >= 11 is 1.67. The molecule has 0 spiro atoms. The molecule has 2 aromatic carbocycles. The van der Waals surface area contributed by atoms with Gasteiger partial charge in [-0.25, -0.2) is 0 Å². The van der Waals surface area contributed by atoms with Gasteiger partial charge in [0.25, 0.3) is 0 Å². The second-order valence-corrected chi connectivity index (χ2v) is 4.84. The number of hydrogen-bond donors (Lipinski definition) is 1. The van der Waals surface area contributed by atoms with Crippen LogP contribution >= 0.6 is 11.8 Å². The molecule has 0 saturated carbocycles. The Bertz CT molecular complexity index is 591. The standard InChI is InChI=1S/C15H14O3S/c1-18-15-8-14(17)11(9-16)7-13(15)10-3-5-12(19-2)6-4-10/h3-9,17H,1-2H3. The molecule has 0 heterocycles. The molecule has 4 heteroatoms. The number of phenolic OH excluding ortho intramolecular Hbond substituents is 1. The fraction of sp³-hybridized carbons (Fsp3) is 0.133. The molecule has 0 fully saturated rings. The fourth-order valence-corrected chi connectivity index (χ4v) is 2.25. The quantitative estimate of drug-likeness (QED) is 0.683. The first-order valence-corrected chi connectivity index (χ1v) is 6.92. The Morgan fingerprint density at radius 1 is 1.21 bits per heavy atom. The average Bonchev–Trinajstić information content (AvgIpc) is 2.47. The Labute approximate surface area is 116 Å². The van der Waals surface area contributed by atoms with E-state index >= 15 is 0 Å². The molecule has 19 heavy (non-hydrogen) atoms. The Morgan fingerprint density at radius 2 is 1.89 bits per heavy atom. The SMILES string of the molecule is COc1cc(O)c(C=O)cc1-c1ccc(SC)cc1. The van der Waals surface area contributed by atoms with E-state index in [1.54, 1.807) is 17.8 Å². The van der Waals surface area contributed by atoms with E-state index in [-0.39, 0.29) is 11.3 Å². The van der Waals surface area contributed by atoms with Crippen molar-refractivity contribution >= 4 is 18.0 Å². The first-order chi connectivity index (χ1) is 9.19. The van der Waals surface area contributed by atoms with Crippen molar-refractivity contribution in [1.82, 2.24) is 0 Å². The lowest BCUT2D eigenvalue weighted by atomic mass is 10.0. The number of rotatable bonds is 4. The van der Waals surface area contributed by atoms with E-state index in [0.29, 0.717) is 12.0 Å². The molecule has 3 nitrogen and oxygen atoms in total. The third-order valence-electron chi connectivity index (χ3n) is 2.88. The summed E-state index contributed by atoms with van der Waals surface area (Å²) < 4.78 is 5.26. The number of ether oxygens (including phenoxy) is 1. The molecule has 0 atom stereocenters. The topological polar surface area (TPSA) is 46.5 Å². The van der Waals surface area contributed by atoms with Crippen LogP contribution in [0, 0.1) is 0 Å². The molecule has 98 valence electrons. The predicted molar refractivity (Wildman–Crippen MR) is 77.3 cm³/mol. The molecule has 0 saturated heterocycles. The highest BCUT2D eigenvalue weighted by atomic mass is 32.2. The summed E-state index contributed by atoms with van der Waals surface area (Å²) in [6.07, 6.45) is 2.65. The minimum absolute atomic E-state index is 0.0728. The molecule has 0 amide bonds. The number of thioether (sulfide) groups is 1. The van der Waals surface area contributed by atoms with Crippen LogP contribution in [0.1, 0.15) is 10.4 Å². The number of aromatic hydroxyl groups is 1.